The number of aryl methyl sites for hydroxylation is 1. The molecule has 0 unspecified atom stereocenters. The van der Waals surface area contributed by atoms with Gasteiger partial charge >= 0.3 is 0 Å². The number of sulfonamides is 1. The summed E-state index contributed by atoms with van der Waals surface area (Å²) in [5.74, 6) is -0.338. The van der Waals surface area contributed by atoms with Crippen LogP contribution in [0.15, 0.2) is 77.7 Å². The van der Waals surface area contributed by atoms with Gasteiger partial charge in [-0.2, -0.15) is 0 Å². The number of benzene rings is 3. The quantitative estimate of drug-likeness (QED) is 0.444. The molecule has 158 valence electrons. The lowest BCUT2D eigenvalue weighted by atomic mass is 10.2. The molecule has 0 saturated heterocycles. The van der Waals surface area contributed by atoms with E-state index >= 15 is 0 Å². The van der Waals surface area contributed by atoms with Crippen molar-refractivity contribution >= 4 is 48.3 Å². The zero-order valence-electron chi connectivity index (χ0n) is 17.1. The Balaban J connectivity index is 1.54. The highest BCUT2D eigenvalue weighted by Crippen LogP contribution is 2.27. The van der Waals surface area contributed by atoms with Crippen molar-refractivity contribution in [3.63, 3.8) is 0 Å². The molecule has 1 N–H and O–H groups in total. The van der Waals surface area contributed by atoms with Crippen molar-refractivity contribution < 1.29 is 13.2 Å². The molecule has 0 radical (unpaired) electrons. The van der Waals surface area contributed by atoms with Crippen LogP contribution in [0.25, 0.3) is 10.2 Å². The van der Waals surface area contributed by atoms with Crippen LogP contribution in [0, 0.1) is 6.92 Å². The molecule has 4 aromatic rings. The summed E-state index contributed by atoms with van der Waals surface area (Å²) < 4.78 is 28.5. The van der Waals surface area contributed by atoms with E-state index in [-0.39, 0.29) is 10.8 Å². The van der Waals surface area contributed by atoms with Gasteiger partial charge in [0.15, 0.2) is 5.13 Å². The molecule has 4 rings (SSSR count). The number of aromatic nitrogens is 1. The van der Waals surface area contributed by atoms with Gasteiger partial charge in [-0.15, -0.1) is 0 Å². The Morgan fingerprint density at radius 2 is 1.74 bits per heavy atom. The first-order valence-electron chi connectivity index (χ1n) is 9.75. The van der Waals surface area contributed by atoms with Crippen LogP contribution in [-0.2, 0) is 10.0 Å². The molecule has 1 heterocycles. The smallest absolute Gasteiger partial charge is 0.264 e. The molecular formula is C23H21N3O3S2. The molecule has 8 heteroatoms. The maximum Gasteiger partial charge on any atom is 0.264 e. The maximum atomic E-state index is 13.1. The SMILES string of the molecule is CCN(c1ccccc1)S(=O)(=O)c1ccc(C(=O)Nc2nc3ccc(C)cc3s2)cc1. The summed E-state index contributed by atoms with van der Waals surface area (Å²) in [5.41, 5.74) is 2.91. The average molecular weight is 452 g/mol. The highest BCUT2D eigenvalue weighted by Gasteiger charge is 2.23. The minimum Gasteiger partial charge on any atom is -0.298 e. The summed E-state index contributed by atoms with van der Waals surface area (Å²) in [6.07, 6.45) is 0. The molecule has 0 atom stereocenters. The maximum absolute atomic E-state index is 13.1. The van der Waals surface area contributed by atoms with E-state index in [0.717, 1.165) is 15.8 Å². The highest BCUT2D eigenvalue weighted by atomic mass is 32.2. The molecule has 0 bridgehead atoms. The van der Waals surface area contributed by atoms with Gasteiger partial charge in [0, 0.05) is 12.1 Å². The fraction of sp³-hybridized carbons (Fsp3) is 0.130. The Morgan fingerprint density at radius 1 is 1.03 bits per heavy atom. The Hall–Kier alpha value is -3.23. The number of para-hydroxylation sites is 1. The minimum atomic E-state index is -3.74. The lowest BCUT2D eigenvalue weighted by Crippen LogP contribution is -2.30. The van der Waals surface area contributed by atoms with Gasteiger partial charge in [0.1, 0.15) is 0 Å². The number of rotatable bonds is 6. The summed E-state index contributed by atoms with van der Waals surface area (Å²) in [4.78, 5) is 17.2. The molecular weight excluding hydrogens is 430 g/mol. The number of hydrogen-bond donors (Lipinski definition) is 1. The first-order valence-corrected chi connectivity index (χ1v) is 12.0. The number of amides is 1. The largest absolute Gasteiger partial charge is 0.298 e. The zero-order chi connectivity index (χ0) is 22.0. The number of carbonyl (C=O) groups is 1. The van der Waals surface area contributed by atoms with E-state index in [9.17, 15) is 13.2 Å². The van der Waals surface area contributed by atoms with E-state index in [1.165, 1.54) is 39.9 Å². The number of hydrogen-bond acceptors (Lipinski definition) is 5. The molecule has 0 aliphatic carbocycles. The third-order valence-corrected chi connectivity index (χ3v) is 7.65. The molecule has 0 aliphatic rings. The van der Waals surface area contributed by atoms with Crippen LogP contribution in [0.4, 0.5) is 10.8 Å². The summed E-state index contributed by atoms with van der Waals surface area (Å²) in [6, 6.07) is 20.8. The molecule has 0 aliphatic heterocycles. The number of thiazole rings is 1. The Labute approximate surface area is 185 Å². The van der Waals surface area contributed by atoms with Gasteiger partial charge in [0.25, 0.3) is 15.9 Å². The summed E-state index contributed by atoms with van der Waals surface area (Å²) >= 11 is 1.40. The molecule has 1 aromatic heterocycles. The second kappa shape index (κ2) is 8.49. The summed E-state index contributed by atoms with van der Waals surface area (Å²) in [7, 11) is -3.74. The standard InChI is InChI=1S/C23H21N3O3S2/c1-3-26(18-7-5-4-6-8-18)31(28,29)19-12-10-17(11-13-19)22(27)25-23-24-20-14-9-16(2)15-21(20)30-23/h4-15H,3H2,1-2H3,(H,24,25,27). The minimum absolute atomic E-state index is 0.130. The third kappa shape index (κ3) is 4.30. The van der Waals surface area contributed by atoms with E-state index in [1.807, 2.05) is 31.2 Å². The van der Waals surface area contributed by atoms with E-state index in [2.05, 4.69) is 10.3 Å². The zero-order valence-corrected chi connectivity index (χ0v) is 18.7. The molecule has 0 fully saturated rings. The molecule has 31 heavy (non-hydrogen) atoms. The van der Waals surface area contributed by atoms with Crippen LogP contribution in [0.3, 0.4) is 0 Å². The van der Waals surface area contributed by atoms with Gasteiger partial charge < -0.3 is 0 Å². The van der Waals surface area contributed by atoms with E-state index in [1.54, 1.807) is 31.2 Å². The van der Waals surface area contributed by atoms with Crippen molar-refractivity contribution in [2.75, 3.05) is 16.2 Å². The van der Waals surface area contributed by atoms with E-state index in [0.29, 0.717) is 22.9 Å². The van der Waals surface area contributed by atoms with Crippen LogP contribution in [0.2, 0.25) is 0 Å². The number of nitrogens with zero attached hydrogens (tertiary/aromatic N) is 2. The van der Waals surface area contributed by atoms with Gasteiger partial charge in [-0.3, -0.25) is 14.4 Å². The lowest BCUT2D eigenvalue weighted by molar-refractivity contribution is 0.102. The van der Waals surface area contributed by atoms with Crippen molar-refractivity contribution in [2.24, 2.45) is 0 Å². The van der Waals surface area contributed by atoms with Crippen molar-refractivity contribution in [1.82, 2.24) is 4.98 Å². The molecule has 3 aromatic carbocycles. The molecule has 0 saturated carbocycles. The predicted octanol–water partition coefficient (Wildman–Crippen LogP) is 5.07. The molecule has 0 spiro atoms. The van der Waals surface area contributed by atoms with Crippen molar-refractivity contribution in [1.29, 1.82) is 0 Å². The van der Waals surface area contributed by atoms with E-state index < -0.39 is 10.0 Å². The predicted molar refractivity (Wildman–Crippen MR) is 125 cm³/mol. The number of nitrogens with one attached hydrogen (secondary N) is 1. The average Bonchev–Trinajstić information content (AvgIpc) is 3.16. The van der Waals surface area contributed by atoms with Crippen LogP contribution < -0.4 is 9.62 Å². The molecule has 6 nitrogen and oxygen atoms in total. The Kier molecular flexibility index (Phi) is 5.75. The lowest BCUT2D eigenvalue weighted by Gasteiger charge is -2.22. The van der Waals surface area contributed by atoms with Gasteiger partial charge in [-0.25, -0.2) is 13.4 Å². The summed E-state index contributed by atoms with van der Waals surface area (Å²) in [6.45, 7) is 4.09. The Bertz CT molecular complexity index is 1330. The topological polar surface area (TPSA) is 79.4 Å². The van der Waals surface area contributed by atoms with Gasteiger partial charge in [0.05, 0.1) is 20.8 Å². The Morgan fingerprint density at radius 3 is 2.42 bits per heavy atom. The van der Waals surface area contributed by atoms with Crippen molar-refractivity contribution in [3.8, 4) is 0 Å². The fourth-order valence-electron chi connectivity index (χ4n) is 3.25. The third-order valence-electron chi connectivity index (χ3n) is 4.80. The van der Waals surface area contributed by atoms with Crippen LogP contribution in [0.1, 0.15) is 22.8 Å². The van der Waals surface area contributed by atoms with Crippen LogP contribution >= 0.6 is 11.3 Å². The fourth-order valence-corrected chi connectivity index (χ4v) is 5.68. The number of anilines is 2. The van der Waals surface area contributed by atoms with Gasteiger partial charge in [0.2, 0.25) is 0 Å². The number of carbonyl (C=O) groups excluding carboxylic acids is 1. The van der Waals surface area contributed by atoms with Crippen LogP contribution in [0.5, 0.6) is 0 Å². The van der Waals surface area contributed by atoms with E-state index in [4.69, 9.17) is 0 Å². The number of fused-ring (bicyclic) bond motifs is 1. The first-order chi connectivity index (χ1) is 14.9. The molecule has 1 amide bonds. The first kappa shape index (κ1) is 21.0. The summed E-state index contributed by atoms with van der Waals surface area (Å²) in [5, 5.41) is 3.30. The van der Waals surface area contributed by atoms with Gasteiger partial charge in [-0.1, -0.05) is 35.6 Å². The highest BCUT2D eigenvalue weighted by molar-refractivity contribution is 7.92. The van der Waals surface area contributed by atoms with Crippen LogP contribution in [-0.4, -0.2) is 25.9 Å². The van der Waals surface area contributed by atoms with Gasteiger partial charge in [-0.05, 0) is 67.9 Å². The second-order valence-electron chi connectivity index (χ2n) is 6.97. The van der Waals surface area contributed by atoms with Crippen molar-refractivity contribution in [3.05, 3.63) is 83.9 Å². The second-order valence-corrected chi connectivity index (χ2v) is 9.87. The normalized spacial score (nSPS) is 11.4. The monoisotopic (exact) mass is 451 g/mol. The van der Waals surface area contributed by atoms with Crippen molar-refractivity contribution in [2.45, 2.75) is 18.7 Å².